The Morgan fingerprint density at radius 2 is 1.82 bits per heavy atom. The van der Waals surface area contributed by atoms with Gasteiger partial charge in [-0.1, -0.05) is 18.2 Å². The van der Waals surface area contributed by atoms with Crippen LogP contribution in [0.2, 0.25) is 0 Å². The Kier molecular flexibility index (Phi) is 6.25. The molecule has 0 unspecified atom stereocenters. The number of likely N-dealkylation sites (tertiary alicyclic amines) is 1. The summed E-state index contributed by atoms with van der Waals surface area (Å²) in [6.07, 6.45) is 0.247. The molecular formula is C31H30N2O6. The minimum atomic E-state index is -0.727. The molecule has 39 heavy (non-hydrogen) atoms. The number of ether oxygens (including phenoxy) is 2. The van der Waals surface area contributed by atoms with Crippen LogP contribution in [0.3, 0.4) is 0 Å². The molecule has 1 amide bonds. The zero-order chi connectivity index (χ0) is 27.3. The Labute approximate surface area is 225 Å². The van der Waals surface area contributed by atoms with Crippen LogP contribution >= 0.6 is 0 Å². The van der Waals surface area contributed by atoms with Gasteiger partial charge >= 0.3 is 5.63 Å². The number of nitrogens with zero attached hydrogens (tertiary/aromatic N) is 2. The van der Waals surface area contributed by atoms with Gasteiger partial charge in [0.1, 0.15) is 17.1 Å². The molecule has 2 aromatic heterocycles. The van der Waals surface area contributed by atoms with Crippen LogP contribution in [-0.4, -0.2) is 41.7 Å². The molecule has 1 fully saturated rings. The summed E-state index contributed by atoms with van der Waals surface area (Å²) < 4.78 is 18.9. The van der Waals surface area contributed by atoms with Gasteiger partial charge < -0.3 is 23.4 Å². The number of hydrogen-bond acceptors (Lipinski definition) is 6. The predicted octanol–water partition coefficient (Wildman–Crippen LogP) is 4.35. The summed E-state index contributed by atoms with van der Waals surface area (Å²) in [6.45, 7) is 5.36. The van der Waals surface area contributed by atoms with Crippen molar-refractivity contribution in [3.05, 3.63) is 92.7 Å². The van der Waals surface area contributed by atoms with E-state index in [1.807, 2.05) is 58.9 Å². The van der Waals surface area contributed by atoms with Crippen LogP contribution in [0.5, 0.6) is 11.5 Å². The number of pyridine rings is 1. The van der Waals surface area contributed by atoms with E-state index in [4.69, 9.17) is 13.9 Å². The van der Waals surface area contributed by atoms with Gasteiger partial charge in [0, 0.05) is 54.3 Å². The third-order valence-corrected chi connectivity index (χ3v) is 7.96. The first-order chi connectivity index (χ1) is 18.8. The standard InChI is InChI=1S/C31H30N2O6/c1-18-27(12-11-24-25(14-29(35)39-30(18)24)21-7-9-23(37-3)10-8-21)38-19(2)31(36)32-15-20-13-22(17-32)26-5-4-6-28(34)33(26)16-20/h4-12,14,19-20,22H,13,15-17H2,1-3H3/t19-,20-,22-/m0/s1. The van der Waals surface area contributed by atoms with Gasteiger partial charge in [0.2, 0.25) is 0 Å². The molecule has 0 N–H and O–H groups in total. The number of benzene rings is 2. The molecule has 2 aliphatic rings. The van der Waals surface area contributed by atoms with Crippen LogP contribution in [0.1, 0.15) is 30.5 Å². The third-order valence-electron chi connectivity index (χ3n) is 7.96. The van der Waals surface area contributed by atoms with E-state index in [0.717, 1.165) is 34.4 Å². The highest BCUT2D eigenvalue weighted by molar-refractivity contribution is 5.95. The molecule has 2 bridgehead atoms. The molecule has 8 heteroatoms. The van der Waals surface area contributed by atoms with E-state index >= 15 is 0 Å². The lowest BCUT2D eigenvalue weighted by Crippen LogP contribution is -2.52. The summed E-state index contributed by atoms with van der Waals surface area (Å²) >= 11 is 0. The maximum Gasteiger partial charge on any atom is 0.336 e. The summed E-state index contributed by atoms with van der Waals surface area (Å²) in [5.41, 5.74) is 3.26. The maximum absolute atomic E-state index is 13.5. The van der Waals surface area contributed by atoms with Crippen molar-refractivity contribution in [3.63, 3.8) is 0 Å². The topological polar surface area (TPSA) is 91.0 Å². The molecule has 6 rings (SSSR count). The number of aryl methyl sites for hydroxylation is 1. The smallest absolute Gasteiger partial charge is 0.336 e. The molecule has 3 atom stereocenters. The second-order valence-electron chi connectivity index (χ2n) is 10.5. The average molecular weight is 527 g/mol. The van der Waals surface area contributed by atoms with Gasteiger partial charge in [-0.2, -0.15) is 0 Å². The van der Waals surface area contributed by atoms with Crippen LogP contribution in [0.4, 0.5) is 0 Å². The Balaban J connectivity index is 1.25. The molecule has 4 aromatic rings. The number of methoxy groups -OCH3 is 1. The van der Waals surface area contributed by atoms with Crippen molar-refractivity contribution in [2.24, 2.45) is 5.92 Å². The molecule has 2 aliphatic heterocycles. The molecule has 0 aliphatic carbocycles. The van der Waals surface area contributed by atoms with Crippen molar-refractivity contribution >= 4 is 16.9 Å². The second-order valence-corrected chi connectivity index (χ2v) is 10.5. The predicted molar refractivity (Wildman–Crippen MR) is 147 cm³/mol. The second kappa shape index (κ2) is 9.76. The first-order valence-electron chi connectivity index (χ1n) is 13.2. The van der Waals surface area contributed by atoms with Gasteiger partial charge in [-0.25, -0.2) is 4.79 Å². The van der Waals surface area contributed by atoms with Crippen LogP contribution in [0, 0.1) is 12.8 Å². The van der Waals surface area contributed by atoms with Gasteiger partial charge in [-0.3, -0.25) is 9.59 Å². The summed E-state index contributed by atoms with van der Waals surface area (Å²) in [4.78, 5) is 40.2. The Bertz CT molecular complexity index is 1690. The Hall–Kier alpha value is -4.33. The SMILES string of the molecule is COc1ccc(-c2cc(=O)oc3c(C)c(O[C@@H](C)C(=O)N4C[C@@H]5C[C@@H](C4)c4cccc(=O)n4C5)ccc23)cc1. The first-order valence-corrected chi connectivity index (χ1v) is 13.2. The van der Waals surface area contributed by atoms with E-state index in [1.54, 1.807) is 26.2 Å². The van der Waals surface area contributed by atoms with Gasteiger partial charge in [0.25, 0.3) is 11.5 Å². The number of piperidine rings is 1. The molecular weight excluding hydrogens is 496 g/mol. The average Bonchev–Trinajstić information content (AvgIpc) is 2.94. The number of carbonyl (C=O) groups is 1. The minimum absolute atomic E-state index is 0.0206. The number of fused-ring (bicyclic) bond motifs is 5. The summed E-state index contributed by atoms with van der Waals surface area (Å²) in [6, 6.07) is 18.0. The van der Waals surface area contributed by atoms with Gasteiger partial charge in [0.15, 0.2) is 6.10 Å². The highest BCUT2D eigenvalue weighted by Crippen LogP contribution is 2.36. The molecule has 200 valence electrons. The van der Waals surface area contributed by atoms with Crippen molar-refractivity contribution in [1.82, 2.24) is 9.47 Å². The van der Waals surface area contributed by atoms with E-state index < -0.39 is 11.7 Å². The normalized spacial score (nSPS) is 18.9. The highest BCUT2D eigenvalue weighted by atomic mass is 16.5. The van der Waals surface area contributed by atoms with Gasteiger partial charge in [0.05, 0.1) is 7.11 Å². The lowest BCUT2D eigenvalue weighted by atomic mass is 9.83. The summed E-state index contributed by atoms with van der Waals surface area (Å²) in [7, 11) is 1.61. The van der Waals surface area contributed by atoms with Crippen molar-refractivity contribution in [2.75, 3.05) is 20.2 Å². The molecule has 0 saturated carbocycles. The first kappa shape index (κ1) is 25.0. The highest BCUT2D eigenvalue weighted by Gasteiger charge is 2.37. The zero-order valence-corrected chi connectivity index (χ0v) is 22.2. The van der Waals surface area contributed by atoms with E-state index in [-0.39, 0.29) is 23.3 Å². The largest absolute Gasteiger partial charge is 0.497 e. The number of hydrogen-bond donors (Lipinski definition) is 0. The fraction of sp³-hybridized carbons (Fsp3) is 0.323. The number of rotatable bonds is 5. The van der Waals surface area contributed by atoms with Crippen molar-refractivity contribution in [2.45, 2.75) is 38.8 Å². The molecule has 2 aromatic carbocycles. The van der Waals surface area contributed by atoms with Crippen LogP contribution in [0.25, 0.3) is 22.1 Å². The van der Waals surface area contributed by atoms with Crippen molar-refractivity contribution < 1.29 is 18.7 Å². The molecule has 0 radical (unpaired) electrons. The van der Waals surface area contributed by atoms with Crippen molar-refractivity contribution in [1.29, 1.82) is 0 Å². The maximum atomic E-state index is 13.5. The molecule has 8 nitrogen and oxygen atoms in total. The van der Waals surface area contributed by atoms with Crippen LogP contribution in [-0.2, 0) is 11.3 Å². The lowest BCUT2D eigenvalue weighted by Gasteiger charge is -2.43. The van der Waals surface area contributed by atoms with E-state index in [9.17, 15) is 14.4 Å². The van der Waals surface area contributed by atoms with E-state index in [2.05, 4.69) is 0 Å². The van der Waals surface area contributed by atoms with Crippen LogP contribution in [0.15, 0.2) is 74.7 Å². The monoisotopic (exact) mass is 526 g/mol. The third kappa shape index (κ3) is 4.50. The molecule has 4 heterocycles. The Morgan fingerprint density at radius 1 is 1.03 bits per heavy atom. The summed E-state index contributed by atoms with van der Waals surface area (Å²) in [5, 5.41) is 0.779. The number of amides is 1. The quantitative estimate of drug-likeness (QED) is 0.359. The minimum Gasteiger partial charge on any atom is -0.497 e. The van der Waals surface area contributed by atoms with E-state index in [1.165, 1.54) is 6.07 Å². The van der Waals surface area contributed by atoms with Crippen molar-refractivity contribution in [3.8, 4) is 22.6 Å². The lowest BCUT2D eigenvalue weighted by molar-refractivity contribution is -0.140. The summed E-state index contributed by atoms with van der Waals surface area (Å²) in [5.74, 6) is 1.50. The van der Waals surface area contributed by atoms with Crippen LogP contribution < -0.4 is 20.7 Å². The number of carbonyl (C=O) groups excluding carboxylic acids is 1. The number of aromatic nitrogens is 1. The van der Waals surface area contributed by atoms with Gasteiger partial charge in [-0.15, -0.1) is 0 Å². The molecule has 1 saturated heterocycles. The van der Waals surface area contributed by atoms with E-state index in [0.29, 0.717) is 36.5 Å². The fourth-order valence-corrected chi connectivity index (χ4v) is 6.05. The fourth-order valence-electron chi connectivity index (χ4n) is 6.05. The van der Waals surface area contributed by atoms with Gasteiger partial charge in [-0.05, 0) is 67.6 Å². The Morgan fingerprint density at radius 3 is 2.59 bits per heavy atom. The molecule has 0 spiro atoms. The zero-order valence-electron chi connectivity index (χ0n) is 22.2.